The lowest BCUT2D eigenvalue weighted by molar-refractivity contribution is 0.192. The highest BCUT2D eigenvalue weighted by atomic mass is 79.9. The van der Waals surface area contributed by atoms with Crippen LogP contribution in [0.15, 0.2) is 28.7 Å². The van der Waals surface area contributed by atoms with E-state index in [0.29, 0.717) is 5.46 Å². The van der Waals surface area contributed by atoms with Crippen molar-refractivity contribution in [2.45, 2.75) is 25.7 Å². The van der Waals surface area contributed by atoms with E-state index >= 15 is 0 Å². The number of benzene rings is 1. The van der Waals surface area contributed by atoms with Crippen LogP contribution in [0.5, 0.6) is 0 Å². The summed E-state index contributed by atoms with van der Waals surface area (Å²) in [6, 6.07) is 6.81. The molecule has 0 saturated carbocycles. The van der Waals surface area contributed by atoms with E-state index in [1.165, 1.54) is 6.42 Å². The Morgan fingerprint density at radius 2 is 1.84 bits per heavy atom. The Balaban J connectivity index is 0.000000344. The van der Waals surface area contributed by atoms with Crippen LogP contribution in [0, 0.1) is 12.3 Å². The van der Waals surface area contributed by atoms with Crippen LogP contribution in [0.2, 0.25) is 0 Å². The summed E-state index contributed by atoms with van der Waals surface area (Å²) >= 11 is 3.23. The van der Waals surface area contributed by atoms with E-state index in [2.05, 4.69) is 21.9 Å². The van der Waals surface area contributed by atoms with Crippen LogP contribution in [0.3, 0.4) is 0 Å². The normalized spacial score (nSPS) is 9.21. The fourth-order valence-corrected chi connectivity index (χ4v) is 1.55. The molecular formula is C14H20BBrO3. The topological polar surface area (TPSA) is 49.7 Å². The minimum absolute atomic E-state index is 0.503. The predicted octanol–water partition coefficient (Wildman–Crippen LogP) is 1.96. The summed E-state index contributed by atoms with van der Waals surface area (Å²) < 4.78 is 5.80. The third-order valence-corrected chi connectivity index (χ3v) is 2.87. The summed E-state index contributed by atoms with van der Waals surface area (Å²) in [4.78, 5) is 0. The molecule has 2 N–H and O–H groups in total. The maximum atomic E-state index is 8.65. The first kappa shape index (κ1) is 18.2. The second-order valence-electron chi connectivity index (χ2n) is 3.93. The molecular weight excluding hydrogens is 307 g/mol. The number of hydrogen-bond donors (Lipinski definition) is 2. The first-order chi connectivity index (χ1) is 9.11. The van der Waals surface area contributed by atoms with Gasteiger partial charge in [-0.3, -0.25) is 0 Å². The van der Waals surface area contributed by atoms with Crippen molar-refractivity contribution in [1.29, 1.82) is 0 Å². The molecule has 0 aliphatic carbocycles. The molecule has 0 unspecified atom stereocenters. The second-order valence-corrected chi connectivity index (χ2v) is 4.85. The summed E-state index contributed by atoms with van der Waals surface area (Å²) in [6.45, 7) is 0.866. The van der Waals surface area contributed by atoms with Crippen LogP contribution in [0.25, 0.3) is 0 Å². The average Bonchev–Trinajstić information content (AvgIpc) is 2.40. The quantitative estimate of drug-likeness (QED) is 0.477. The molecule has 0 fully saturated rings. The molecule has 1 aromatic carbocycles. The molecule has 0 radical (unpaired) electrons. The number of rotatable bonds is 6. The predicted molar refractivity (Wildman–Crippen MR) is 83.1 cm³/mol. The molecule has 0 atom stereocenters. The highest BCUT2D eigenvalue weighted by molar-refractivity contribution is 9.10. The van der Waals surface area contributed by atoms with Gasteiger partial charge in [0.05, 0.1) is 0 Å². The van der Waals surface area contributed by atoms with E-state index < -0.39 is 7.12 Å². The smallest absolute Gasteiger partial charge is 0.423 e. The number of ether oxygens (including phenoxy) is 1. The van der Waals surface area contributed by atoms with Gasteiger partial charge in [0.15, 0.2) is 0 Å². The van der Waals surface area contributed by atoms with Crippen molar-refractivity contribution in [3.63, 3.8) is 0 Å². The molecule has 0 bridgehead atoms. The van der Waals surface area contributed by atoms with Gasteiger partial charge in [-0.25, -0.2) is 0 Å². The maximum absolute atomic E-state index is 8.65. The van der Waals surface area contributed by atoms with Gasteiger partial charge in [0.25, 0.3) is 0 Å². The van der Waals surface area contributed by atoms with Crippen molar-refractivity contribution in [2.75, 3.05) is 13.7 Å². The monoisotopic (exact) mass is 326 g/mol. The fraction of sp³-hybridized carbons (Fsp3) is 0.429. The van der Waals surface area contributed by atoms with Gasteiger partial charge in [0.1, 0.15) is 0 Å². The first-order valence-corrected chi connectivity index (χ1v) is 6.95. The fourth-order valence-electron chi connectivity index (χ4n) is 1.29. The highest BCUT2D eigenvalue weighted by Crippen LogP contribution is 2.05. The van der Waals surface area contributed by atoms with E-state index in [0.717, 1.165) is 30.3 Å². The summed E-state index contributed by atoms with van der Waals surface area (Å²) in [6.07, 6.45) is 9.44. The Morgan fingerprint density at radius 1 is 1.21 bits per heavy atom. The molecule has 0 saturated heterocycles. The van der Waals surface area contributed by atoms with Crippen molar-refractivity contribution in [3.05, 3.63) is 28.7 Å². The second kappa shape index (κ2) is 12.2. The molecule has 1 aromatic rings. The lowest BCUT2D eigenvalue weighted by Gasteiger charge is -1.96. The Hall–Kier alpha value is -0.795. The van der Waals surface area contributed by atoms with Crippen molar-refractivity contribution >= 4 is 28.5 Å². The molecule has 0 heterocycles. The van der Waals surface area contributed by atoms with Crippen molar-refractivity contribution < 1.29 is 14.8 Å². The Labute approximate surface area is 124 Å². The van der Waals surface area contributed by atoms with Crippen molar-refractivity contribution in [3.8, 4) is 12.3 Å². The number of unbranched alkanes of at least 4 members (excludes halogenated alkanes) is 3. The maximum Gasteiger partial charge on any atom is 0.488 e. The number of terminal acetylenes is 1. The number of hydrogen-bond acceptors (Lipinski definition) is 3. The summed E-state index contributed by atoms with van der Waals surface area (Å²) in [7, 11) is 0.356. The van der Waals surface area contributed by atoms with Gasteiger partial charge < -0.3 is 14.8 Å². The molecule has 5 heteroatoms. The lowest BCUT2D eigenvalue weighted by Crippen LogP contribution is -2.29. The third-order valence-electron chi connectivity index (χ3n) is 2.34. The van der Waals surface area contributed by atoms with Gasteiger partial charge in [-0.05, 0) is 30.4 Å². The van der Waals surface area contributed by atoms with Gasteiger partial charge in [0.2, 0.25) is 0 Å². The summed E-state index contributed by atoms with van der Waals surface area (Å²) in [5.41, 5.74) is 0.503. The zero-order chi connectivity index (χ0) is 14.5. The molecule has 0 aliphatic rings. The minimum Gasteiger partial charge on any atom is -0.423 e. The molecule has 0 spiro atoms. The minimum atomic E-state index is -1.37. The number of methoxy groups -OCH3 is 1. The van der Waals surface area contributed by atoms with Crippen molar-refractivity contribution in [1.82, 2.24) is 0 Å². The van der Waals surface area contributed by atoms with Gasteiger partial charge in [0, 0.05) is 24.6 Å². The highest BCUT2D eigenvalue weighted by Gasteiger charge is 2.08. The molecule has 19 heavy (non-hydrogen) atoms. The van der Waals surface area contributed by atoms with E-state index in [1.54, 1.807) is 31.4 Å². The molecule has 0 amide bonds. The summed E-state index contributed by atoms with van der Waals surface area (Å²) in [5, 5.41) is 17.3. The Morgan fingerprint density at radius 3 is 2.32 bits per heavy atom. The van der Waals surface area contributed by atoms with E-state index in [9.17, 15) is 0 Å². The molecule has 0 aromatic heterocycles. The van der Waals surface area contributed by atoms with Gasteiger partial charge >= 0.3 is 7.12 Å². The summed E-state index contributed by atoms with van der Waals surface area (Å²) in [5.74, 6) is 2.60. The Kier molecular flexibility index (Phi) is 11.7. The number of halogens is 1. The van der Waals surface area contributed by atoms with Gasteiger partial charge in [-0.15, -0.1) is 12.3 Å². The van der Waals surface area contributed by atoms with Gasteiger partial charge in [-0.2, -0.15) is 0 Å². The van der Waals surface area contributed by atoms with Crippen LogP contribution in [0.1, 0.15) is 25.7 Å². The van der Waals surface area contributed by atoms with E-state index in [-0.39, 0.29) is 0 Å². The van der Waals surface area contributed by atoms with Crippen LogP contribution in [-0.4, -0.2) is 30.9 Å². The Bertz CT molecular complexity index is 360. The molecule has 1 rings (SSSR count). The molecule has 104 valence electrons. The van der Waals surface area contributed by atoms with E-state index in [4.69, 9.17) is 21.2 Å². The first-order valence-electron chi connectivity index (χ1n) is 6.15. The van der Waals surface area contributed by atoms with Crippen LogP contribution >= 0.6 is 15.9 Å². The van der Waals surface area contributed by atoms with Crippen LogP contribution in [0.4, 0.5) is 0 Å². The van der Waals surface area contributed by atoms with E-state index in [1.807, 2.05) is 0 Å². The lowest BCUT2D eigenvalue weighted by atomic mass is 9.81. The zero-order valence-electron chi connectivity index (χ0n) is 11.2. The third kappa shape index (κ3) is 10.8. The standard InChI is InChI=1S/C8H14O.C6H6BBrO2/c1-3-4-5-6-7-8-9-2;8-6-3-1-5(2-4-6)7(9)10/h1H,4-8H2,2H3;1-4,9-10H. The molecule has 3 nitrogen and oxygen atoms in total. The average molecular weight is 327 g/mol. The van der Waals surface area contributed by atoms with Crippen molar-refractivity contribution in [2.24, 2.45) is 0 Å². The largest absolute Gasteiger partial charge is 0.488 e. The SMILES string of the molecule is C#CCCCCCOC.OB(O)c1ccc(Br)cc1. The van der Waals surface area contributed by atoms with Crippen LogP contribution in [-0.2, 0) is 4.74 Å². The van der Waals surface area contributed by atoms with Crippen LogP contribution < -0.4 is 5.46 Å². The molecule has 0 aliphatic heterocycles. The van der Waals surface area contributed by atoms with Gasteiger partial charge in [-0.1, -0.05) is 34.5 Å². The zero-order valence-corrected chi connectivity index (χ0v) is 12.8.